The second-order valence-electron chi connectivity index (χ2n) is 7.80. The Morgan fingerprint density at radius 3 is 2.41 bits per heavy atom. The molecule has 0 fully saturated rings. The van der Waals surface area contributed by atoms with Crippen molar-refractivity contribution in [2.45, 2.75) is 46.1 Å². The number of nitrogens with zero attached hydrogens (tertiary/aromatic N) is 1. The highest BCUT2D eigenvalue weighted by molar-refractivity contribution is 5.50. The molecule has 0 N–H and O–H groups in total. The summed E-state index contributed by atoms with van der Waals surface area (Å²) in [6.45, 7) is 8.90. The maximum atomic E-state index is 2.50. The molecule has 3 aromatic carbocycles. The van der Waals surface area contributed by atoms with Crippen LogP contribution in [-0.2, 0) is 19.4 Å². The van der Waals surface area contributed by atoms with E-state index in [9.17, 15) is 0 Å². The van der Waals surface area contributed by atoms with Gasteiger partial charge in [0.1, 0.15) is 0 Å². The summed E-state index contributed by atoms with van der Waals surface area (Å²) in [5.41, 5.74) is 10.0. The number of rotatable bonds is 4. The quantitative estimate of drug-likeness (QED) is 0.533. The van der Waals surface area contributed by atoms with Crippen molar-refractivity contribution in [3.63, 3.8) is 0 Å². The second-order valence-corrected chi connectivity index (χ2v) is 7.80. The number of benzene rings is 3. The fourth-order valence-corrected chi connectivity index (χ4v) is 4.24. The van der Waals surface area contributed by atoms with E-state index >= 15 is 0 Å². The van der Waals surface area contributed by atoms with Crippen LogP contribution in [0, 0.1) is 6.92 Å². The molecule has 0 saturated carbocycles. The molecule has 1 heterocycles. The van der Waals surface area contributed by atoms with Crippen LogP contribution in [-0.4, -0.2) is 6.54 Å². The Kier molecular flexibility index (Phi) is 5.03. The molecule has 0 amide bonds. The number of hydrogen-bond acceptors (Lipinski definition) is 1. The summed E-state index contributed by atoms with van der Waals surface area (Å²) in [4.78, 5) is 2.50. The van der Waals surface area contributed by atoms with Crippen LogP contribution in [0.15, 0.2) is 66.7 Å². The molecule has 1 atom stereocenters. The van der Waals surface area contributed by atoms with Crippen LogP contribution in [0.1, 0.15) is 53.1 Å². The van der Waals surface area contributed by atoms with E-state index in [2.05, 4.69) is 92.4 Å². The van der Waals surface area contributed by atoms with Crippen LogP contribution < -0.4 is 4.90 Å². The highest BCUT2D eigenvalue weighted by Gasteiger charge is 2.18. The lowest BCUT2D eigenvalue weighted by Crippen LogP contribution is -2.30. The molecule has 1 unspecified atom stereocenters. The Balaban J connectivity index is 1.61. The lowest BCUT2D eigenvalue weighted by atomic mass is 9.87. The SMILES string of the molecule is CCc1cc(C(C)c2ccc3c(c2)CN(c2ccccc2)CC3)ccc1C. The summed E-state index contributed by atoms with van der Waals surface area (Å²) >= 11 is 0. The van der Waals surface area contributed by atoms with Crippen LogP contribution in [0.3, 0.4) is 0 Å². The zero-order valence-electron chi connectivity index (χ0n) is 16.7. The van der Waals surface area contributed by atoms with Gasteiger partial charge in [-0.3, -0.25) is 0 Å². The minimum Gasteiger partial charge on any atom is -0.367 e. The minimum atomic E-state index is 0.424. The molecule has 1 nitrogen and oxygen atoms in total. The fraction of sp³-hybridized carbons (Fsp3) is 0.308. The van der Waals surface area contributed by atoms with Crippen molar-refractivity contribution in [2.75, 3.05) is 11.4 Å². The minimum absolute atomic E-state index is 0.424. The Morgan fingerprint density at radius 2 is 1.63 bits per heavy atom. The van der Waals surface area contributed by atoms with E-state index in [1.165, 1.54) is 39.1 Å². The van der Waals surface area contributed by atoms with E-state index < -0.39 is 0 Å². The topological polar surface area (TPSA) is 3.24 Å². The van der Waals surface area contributed by atoms with Crippen molar-refractivity contribution >= 4 is 5.69 Å². The van der Waals surface area contributed by atoms with Gasteiger partial charge in [-0.05, 0) is 65.3 Å². The Bertz CT molecular complexity index is 926. The first-order valence-electron chi connectivity index (χ1n) is 10.2. The molecule has 3 aromatic rings. The molecule has 0 aliphatic carbocycles. The lowest BCUT2D eigenvalue weighted by Gasteiger charge is -2.31. The van der Waals surface area contributed by atoms with Gasteiger partial charge in [0.05, 0.1) is 0 Å². The maximum Gasteiger partial charge on any atom is 0.0432 e. The molecule has 138 valence electrons. The van der Waals surface area contributed by atoms with Crippen molar-refractivity contribution in [1.82, 2.24) is 0 Å². The monoisotopic (exact) mass is 355 g/mol. The van der Waals surface area contributed by atoms with Crippen LogP contribution in [0.5, 0.6) is 0 Å². The highest BCUT2D eigenvalue weighted by atomic mass is 15.1. The maximum absolute atomic E-state index is 2.50. The van der Waals surface area contributed by atoms with E-state index in [1.54, 1.807) is 0 Å². The largest absolute Gasteiger partial charge is 0.367 e. The zero-order valence-corrected chi connectivity index (χ0v) is 16.7. The Labute approximate surface area is 163 Å². The van der Waals surface area contributed by atoms with E-state index in [4.69, 9.17) is 0 Å². The van der Waals surface area contributed by atoms with Crippen molar-refractivity contribution in [2.24, 2.45) is 0 Å². The predicted octanol–water partition coefficient (Wildman–Crippen LogP) is 6.27. The summed E-state index contributed by atoms with van der Waals surface area (Å²) in [7, 11) is 0. The molecule has 0 radical (unpaired) electrons. The van der Waals surface area contributed by atoms with Gasteiger partial charge < -0.3 is 4.90 Å². The van der Waals surface area contributed by atoms with Gasteiger partial charge in [-0.1, -0.05) is 68.4 Å². The van der Waals surface area contributed by atoms with Crippen LogP contribution in [0.2, 0.25) is 0 Å². The van der Waals surface area contributed by atoms with Crippen molar-refractivity contribution in [3.05, 3.63) is 100 Å². The molecular formula is C26H29N. The molecule has 27 heavy (non-hydrogen) atoms. The molecule has 0 saturated heterocycles. The van der Waals surface area contributed by atoms with E-state index in [1.807, 2.05) is 0 Å². The number of para-hydroxylation sites is 1. The van der Waals surface area contributed by atoms with Gasteiger partial charge >= 0.3 is 0 Å². The van der Waals surface area contributed by atoms with E-state index in [-0.39, 0.29) is 0 Å². The average molecular weight is 356 g/mol. The van der Waals surface area contributed by atoms with Crippen molar-refractivity contribution in [1.29, 1.82) is 0 Å². The Hall–Kier alpha value is -2.54. The van der Waals surface area contributed by atoms with Gasteiger partial charge in [0.2, 0.25) is 0 Å². The number of anilines is 1. The molecule has 4 rings (SSSR count). The lowest BCUT2D eigenvalue weighted by molar-refractivity contribution is 0.728. The normalized spacial score (nSPS) is 14.7. The fourth-order valence-electron chi connectivity index (χ4n) is 4.24. The van der Waals surface area contributed by atoms with Gasteiger partial charge in [0.15, 0.2) is 0 Å². The highest BCUT2D eigenvalue weighted by Crippen LogP contribution is 2.31. The summed E-state index contributed by atoms with van der Waals surface area (Å²) in [5, 5.41) is 0. The first-order valence-corrected chi connectivity index (χ1v) is 10.2. The summed E-state index contributed by atoms with van der Waals surface area (Å²) < 4.78 is 0. The molecule has 1 heteroatoms. The molecule has 0 spiro atoms. The van der Waals surface area contributed by atoms with Crippen molar-refractivity contribution < 1.29 is 0 Å². The van der Waals surface area contributed by atoms with Gasteiger partial charge in [-0.25, -0.2) is 0 Å². The third-order valence-electron chi connectivity index (χ3n) is 6.12. The van der Waals surface area contributed by atoms with Crippen molar-refractivity contribution in [3.8, 4) is 0 Å². The molecular weight excluding hydrogens is 326 g/mol. The predicted molar refractivity (Wildman–Crippen MR) is 116 cm³/mol. The van der Waals surface area contributed by atoms with Crippen LogP contribution in [0.4, 0.5) is 5.69 Å². The number of hydrogen-bond donors (Lipinski definition) is 0. The molecule has 1 aliphatic heterocycles. The Morgan fingerprint density at radius 1 is 0.889 bits per heavy atom. The first kappa shape index (κ1) is 17.9. The third kappa shape index (κ3) is 3.64. The van der Waals surface area contributed by atoms with Gasteiger partial charge in [-0.15, -0.1) is 0 Å². The van der Waals surface area contributed by atoms with Crippen LogP contribution in [0.25, 0.3) is 0 Å². The molecule has 0 aromatic heterocycles. The summed E-state index contributed by atoms with van der Waals surface area (Å²) in [6, 6.07) is 24.9. The summed E-state index contributed by atoms with van der Waals surface area (Å²) in [6.07, 6.45) is 2.23. The van der Waals surface area contributed by atoms with E-state index in [0.29, 0.717) is 5.92 Å². The van der Waals surface area contributed by atoms with Gasteiger partial charge in [-0.2, -0.15) is 0 Å². The third-order valence-corrected chi connectivity index (χ3v) is 6.12. The smallest absolute Gasteiger partial charge is 0.0432 e. The standard InChI is InChI=1S/C26H29N/c1-4-21-16-23(11-10-19(21)2)20(3)24-13-12-22-14-15-27(18-25(22)17-24)26-8-6-5-7-9-26/h5-13,16-17,20H,4,14-15,18H2,1-3H3. The van der Waals surface area contributed by atoms with E-state index in [0.717, 1.165) is 25.9 Å². The van der Waals surface area contributed by atoms with Crippen LogP contribution >= 0.6 is 0 Å². The first-order chi connectivity index (χ1) is 13.2. The van der Waals surface area contributed by atoms with Gasteiger partial charge in [0, 0.05) is 24.7 Å². The van der Waals surface area contributed by atoms with Gasteiger partial charge in [0.25, 0.3) is 0 Å². The molecule has 1 aliphatic rings. The molecule has 0 bridgehead atoms. The zero-order chi connectivity index (χ0) is 18.8. The number of fused-ring (bicyclic) bond motifs is 1. The number of aryl methyl sites for hydroxylation is 2. The average Bonchev–Trinajstić information content (AvgIpc) is 2.73. The second kappa shape index (κ2) is 7.60. The summed E-state index contributed by atoms with van der Waals surface area (Å²) in [5.74, 6) is 0.424.